The van der Waals surface area contributed by atoms with Crippen molar-refractivity contribution in [1.29, 1.82) is 0 Å². The third-order valence-electron chi connectivity index (χ3n) is 3.63. The molecule has 0 aliphatic heterocycles. The van der Waals surface area contributed by atoms with E-state index in [1.807, 2.05) is 25.3 Å². The fourth-order valence-corrected chi connectivity index (χ4v) is 2.99. The number of nitrogen functional groups attached to an aromatic ring is 1. The van der Waals surface area contributed by atoms with E-state index in [1.165, 1.54) is 0 Å². The summed E-state index contributed by atoms with van der Waals surface area (Å²) in [6.07, 6.45) is 4.89. The molecule has 0 amide bonds. The number of anilines is 1. The molecule has 120 valence electrons. The van der Waals surface area contributed by atoms with E-state index in [1.54, 1.807) is 7.11 Å². The van der Waals surface area contributed by atoms with Gasteiger partial charge in [0.05, 0.1) is 17.4 Å². The van der Waals surface area contributed by atoms with Gasteiger partial charge < -0.3 is 15.0 Å². The molecule has 3 aromatic rings. The highest BCUT2D eigenvalue weighted by Crippen LogP contribution is 2.31. The molecule has 3 heterocycles. The van der Waals surface area contributed by atoms with E-state index in [2.05, 4.69) is 41.6 Å². The first kappa shape index (κ1) is 15.9. The number of fused-ring (bicyclic) bond motifs is 1. The maximum atomic E-state index is 5.81. The molecule has 2 N–H and O–H groups in total. The molecule has 0 unspecified atom stereocenters. The molecular formula is C16H18BrN5O. The van der Waals surface area contributed by atoms with E-state index in [9.17, 15) is 0 Å². The molecule has 0 spiro atoms. The van der Waals surface area contributed by atoms with Gasteiger partial charge in [0.1, 0.15) is 4.60 Å². The second-order valence-electron chi connectivity index (χ2n) is 5.36. The topological polar surface area (TPSA) is 78.9 Å². The Morgan fingerprint density at radius 2 is 2.13 bits per heavy atom. The Morgan fingerprint density at radius 1 is 1.30 bits per heavy atom. The van der Waals surface area contributed by atoms with Gasteiger partial charge in [-0.1, -0.05) is 0 Å². The number of methoxy groups -OCH3 is 1. The molecule has 3 aromatic heterocycles. The first-order chi connectivity index (χ1) is 11.1. The number of rotatable bonds is 5. The summed E-state index contributed by atoms with van der Waals surface area (Å²) in [6.45, 7) is 3.49. The van der Waals surface area contributed by atoms with Crippen LogP contribution in [0.5, 0.6) is 0 Å². The summed E-state index contributed by atoms with van der Waals surface area (Å²) in [4.78, 5) is 12.9. The van der Waals surface area contributed by atoms with Gasteiger partial charge in [0.15, 0.2) is 0 Å². The van der Waals surface area contributed by atoms with E-state index < -0.39 is 0 Å². The number of aryl methyl sites for hydroxylation is 2. The van der Waals surface area contributed by atoms with Crippen LogP contribution in [0.2, 0.25) is 0 Å². The van der Waals surface area contributed by atoms with Gasteiger partial charge in [-0.2, -0.15) is 0 Å². The molecule has 0 radical (unpaired) electrons. The number of halogens is 1. The molecule has 0 bridgehead atoms. The van der Waals surface area contributed by atoms with Crippen LogP contribution < -0.4 is 5.73 Å². The van der Waals surface area contributed by atoms with E-state index in [4.69, 9.17) is 10.5 Å². The van der Waals surface area contributed by atoms with E-state index >= 15 is 0 Å². The minimum absolute atomic E-state index is 0.286. The van der Waals surface area contributed by atoms with Gasteiger partial charge in [0.2, 0.25) is 5.95 Å². The zero-order chi connectivity index (χ0) is 16.4. The molecule has 0 aromatic carbocycles. The Kier molecular flexibility index (Phi) is 4.58. The van der Waals surface area contributed by atoms with Gasteiger partial charge in [-0.15, -0.1) is 0 Å². The van der Waals surface area contributed by atoms with Crippen LogP contribution in [0.3, 0.4) is 0 Å². The van der Waals surface area contributed by atoms with Gasteiger partial charge >= 0.3 is 0 Å². The summed E-state index contributed by atoms with van der Waals surface area (Å²) in [5.41, 5.74) is 9.57. The van der Waals surface area contributed by atoms with Gasteiger partial charge in [0.25, 0.3) is 0 Å². The smallest absolute Gasteiger partial charge is 0.220 e. The zero-order valence-corrected chi connectivity index (χ0v) is 14.7. The summed E-state index contributed by atoms with van der Waals surface area (Å²) in [7, 11) is 1.71. The molecule has 7 heteroatoms. The van der Waals surface area contributed by atoms with Crippen LogP contribution in [-0.2, 0) is 11.3 Å². The number of ether oxygens (including phenoxy) is 1. The first-order valence-electron chi connectivity index (χ1n) is 7.33. The average Bonchev–Trinajstić information content (AvgIpc) is 2.84. The molecular weight excluding hydrogens is 358 g/mol. The second-order valence-corrected chi connectivity index (χ2v) is 6.17. The maximum absolute atomic E-state index is 5.81. The normalized spacial score (nSPS) is 11.3. The fourth-order valence-electron chi connectivity index (χ4n) is 2.66. The SMILES string of the molecule is COCCCn1cc(-c2cc(C)nc(N)n2)c2cc(Br)ncc21. The number of hydrogen-bond acceptors (Lipinski definition) is 5. The summed E-state index contributed by atoms with van der Waals surface area (Å²) in [6, 6.07) is 3.95. The van der Waals surface area contributed by atoms with Gasteiger partial charge in [-0.3, -0.25) is 0 Å². The molecule has 0 fully saturated rings. The Hall–Kier alpha value is -1.99. The summed E-state index contributed by atoms with van der Waals surface area (Å²) in [5, 5.41) is 1.08. The molecule has 23 heavy (non-hydrogen) atoms. The van der Waals surface area contributed by atoms with Crippen molar-refractivity contribution in [2.45, 2.75) is 19.9 Å². The van der Waals surface area contributed by atoms with E-state index in [-0.39, 0.29) is 5.95 Å². The van der Waals surface area contributed by atoms with Gasteiger partial charge in [-0.25, -0.2) is 15.0 Å². The molecule has 6 nitrogen and oxygen atoms in total. The Balaban J connectivity index is 2.13. The number of nitrogens with two attached hydrogens (primary N) is 1. The van der Waals surface area contributed by atoms with Crippen molar-refractivity contribution in [3.63, 3.8) is 0 Å². The van der Waals surface area contributed by atoms with Gasteiger partial charge in [-0.05, 0) is 41.4 Å². The highest BCUT2D eigenvalue weighted by atomic mass is 79.9. The van der Waals surface area contributed by atoms with Crippen molar-refractivity contribution < 1.29 is 4.74 Å². The summed E-state index contributed by atoms with van der Waals surface area (Å²) in [5.74, 6) is 0.286. The van der Waals surface area contributed by atoms with E-state index in [0.29, 0.717) is 0 Å². The monoisotopic (exact) mass is 375 g/mol. The lowest BCUT2D eigenvalue weighted by Gasteiger charge is -2.04. The third kappa shape index (κ3) is 3.35. The van der Waals surface area contributed by atoms with Crippen LogP contribution in [0.1, 0.15) is 12.1 Å². The van der Waals surface area contributed by atoms with Crippen LogP contribution >= 0.6 is 15.9 Å². The minimum Gasteiger partial charge on any atom is -0.385 e. The summed E-state index contributed by atoms with van der Waals surface area (Å²) >= 11 is 3.44. The third-order valence-corrected chi connectivity index (χ3v) is 4.06. The predicted molar refractivity (Wildman–Crippen MR) is 94.1 cm³/mol. The van der Waals surface area contributed by atoms with Crippen LogP contribution in [-0.4, -0.2) is 33.2 Å². The quantitative estimate of drug-likeness (QED) is 0.547. The lowest BCUT2D eigenvalue weighted by atomic mass is 10.1. The Labute approximate surface area is 142 Å². The van der Waals surface area contributed by atoms with Crippen molar-refractivity contribution in [3.05, 3.63) is 34.8 Å². The predicted octanol–water partition coefficient (Wildman–Crippen LogP) is 3.18. The zero-order valence-electron chi connectivity index (χ0n) is 13.1. The van der Waals surface area contributed by atoms with Crippen LogP contribution in [0.25, 0.3) is 22.2 Å². The average molecular weight is 376 g/mol. The molecule has 3 rings (SSSR count). The highest BCUT2D eigenvalue weighted by Gasteiger charge is 2.13. The van der Waals surface area contributed by atoms with E-state index in [0.717, 1.165) is 52.0 Å². The first-order valence-corrected chi connectivity index (χ1v) is 8.12. The molecule has 0 saturated heterocycles. The molecule has 0 aliphatic rings. The Morgan fingerprint density at radius 3 is 2.87 bits per heavy atom. The second kappa shape index (κ2) is 6.64. The van der Waals surface area contributed by atoms with Crippen molar-refractivity contribution in [3.8, 4) is 11.3 Å². The van der Waals surface area contributed by atoms with Crippen molar-refractivity contribution in [2.24, 2.45) is 0 Å². The number of nitrogens with zero attached hydrogens (tertiary/aromatic N) is 4. The maximum Gasteiger partial charge on any atom is 0.220 e. The molecule has 0 aliphatic carbocycles. The van der Waals surface area contributed by atoms with Crippen LogP contribution in [0.15, 0.2) is 29.1 Å². The van der Waals surface area contributed by atoms with Crippen molar-refractivity contribution >= 4 is 32.8 Å². The Bertz CT molecular complexity index is 826. The minimum atomic E-state index is 0.286. The fraction of sp³-hybridized carbons (Fsp3) is 0.312. The molecule has 0 saturated carbocycles. The molecule has 0 atom stereocenters. The largest absolute Gasteiger partial charge is 0.385 e. The van der Waals surface area contributed by atoms with Crippen LogP contribution in [0, 0.1) is 6.92 Å². The summed E-state index contributed by atoms with van der Waals surface area (Å²) < 4.78 is 8.11. The highest BCUT2D eigenvalue weighted by molar-refractivity contribution is 9.10. The lowest BCUT2D eigenvalue weighted by molar-refractivity contribution is 0.190. The number of hydrogen-bond donors (Lipinski definition) is 1. The van der Waals surface area contributed by atoms with Gasteiger partial charge in [0, 0.05) is 43.1 Å². The number of aromatic nitrogens is 4. The standard InChI is InChI=1S/C16H18BrN5O/c1-10-6-13(21-16(18)20-10)12-9-22(4-3-5-23-2)14-8-19-15(17)7-11(12)14/h6-9H,3-5H2,1-2H3,(H2,18,20,21). The van der Waals surface area contributed by atoms with Crippen molar-refractivity contribution in [2.75, 3.05) is 19.5 Å². The number of pyridine rings is 1. The van der Waals surface area contributed by atoms with Crippen molar-refractivity contribution in [1.82, 2.24) is 19.5 Å². The lowest BCUT2D eigenvalue weighted by Crippen LogP contribution is -2.00. The van der Waals surface area contributed by atoms with Crippen LogP contribution in [0.4, 0.5) is 5.95 Å².